The Morgan fingerprint density at radius 2 is 1.84 bits per heavy atom. The van der Waals surface area contributed by atoms with E-state index in [-0.39, 0.29) is 17.4 Å². The van der Waals surface area contributed by atoms with Gasteiger partial charge in [0.05, 0.1) is 15.1 Å². The topological polar surface area (TPSA) is 107 Å². The summed E-state index contributed by atoms with van der Waals surface area (Å²) in [6.07, 6.45) is 2.79. The molecule has 0 bridgehead atoms. The van der Waals surface area contributed by atoms with Crippen LogP contribution in [0.5, 0.6) is 17.4 Å². The Morgan fingerprint density at radius 1 is 1.06 bits per heavy atom. The minimum absolute atomic E-state index is 0.203. The number of rotatable bonds is 7. The average molecular weight is 456 g/mol. The Balaban J connectivity index is 1.34. The van der Waals surface area contributed by atoms with Gasteiger partial charge in [-0.05, 0) is 48.5 Å². The number of amides is 1. The number of sulfone groups is 1. The van der Waals surface area contributed by atoms with E-state index >= 15 is 0 Å². The largest absolute Gasteiger partial charge is 0.484 e. The van der Waals surface area contributed by atoms with Gasteiger partial charge in [0.25, 0.3) is 5.91 Å². The minimum Gasteiger partial charge on any atom is -0.484 e. The van der Waals surface area contributed by atoms with Gasteiger partial charge in [-0.2, -0.15) is 0 Å². The van der Waals surface area contributed by atoms with E-state index in [1.807, 2.05) is 6.07 Å². The maximum absolute atomic E-state index is 12.2. The second-order valence-electron chi connectivity index (χ2n) is 6.50. The molecule has 1 N–H and O–H groups in total. The lowest BCUT2D eigenvalue weighted by Gasteiger charge is -2.07. The maximum Gasteiger partial charge on any atom is 0.264 e. The third-order valence-corrected chi connectivity index (χ3v) is 6.13. The number of fused-ring (bicyclic) bond motifs is 1. The standard InChI is InChI=1S/C21H17N3O5S2/c1-31(26,27)16-9-10-17-18(12-16)30-21(23-17)24-19(25)13-28-14-5-7-15(8-6-14)29-20-4-2-3-11-22-20/h2-12H,13H2,1H3,(H,23,24,25). The van der Waals surface area contributed by atoms with E-state index in [0.717, 1.165) is 6.26 Å². The van der Waals surface area contributed by atoms with Gasteiger partial charge in [0, 0.05) is 18.5 Å². The van der Waals surface area contributed by atoms with Crippen LogP contribution in [0, 0.1) is 0 Å². The molecule has 0 saturated heterocycles. The fourth-order valence-electron chi connectivity index (χ4n) is 2.63. The van der Waals surface area contributed by atoms with Gasteiger partial charge in [0.15, 0.2) is 21.6 Å². The molecule has 2 aromatic heterocycles. The molecule has 4 rings (SSSR count). The number of thiazole rings is 1. The SMILES string of the molecule is CS(=O)(=O)c1ccc2nc(NC(=O)COc3ccc(Oc4ccccn4)cc3)sc2c1. The van der Waals surface area contributed by atoms with Crippen LogP contribution in [0.2, 0.25) is 0 Å². The number of nitrogens with zero attached hydrogens (tertiary/aromatic N) is 2. The summed E-state index contributed by atoms with van der Waals surface area (Å²) in [6.45, 7) is -0.203. The second-order valence-corrected chi connectivity index (χ2v) is 9.55. The number of benzene rings is 2. The van der Waals surface area contributed by atoms with Gasteiger partial charge in [-0.1, -0.05) is 17.4 Å². The highest BCUT2D eigenvalue weighted by Gasteiger charge is 2.12. The molecule has 31 heavy (non-hydrogen) atoms. The summed E-state index contributed by atoms with van der Waals surface area (Å²) in [4.78, 5) is 20.8. The first-order chi connectivity index (χ1) is 14.9. The average Bonchev–Trinajstić information content (AvgIpc) is 3.15. The number of pyridine rings is 1. The van der Waals surface area contributed by atoms with E-state index < -0.39 is 9.84 Å². The predicted octanol–water partition coefficient (Wildman–Crippen LogP) is 3.90. The first kappa shape index (κ1) is 20.8. The summed E-state index contributed by atoms with van der Waals surface area (Å²) in [5, 5.41) is 3.03. The van der Waals surface area contributed by atoms with Gasteiger partial charge in [0.2, 0.25) is 5.88 Å². The molecule has 0 unspecified atom stereocenters. The number of nitrogens with one attached hydrogen (secondary N) is 1. The molecule has 0 fully saturated rings. The van der Waals surface area contributed by atoms with Gasteiger partial charge in [-0.15, -0.1) is 0 Å². The summed E-state index contributed by atoms with van der Waals surface area (Å²) in [7, 11) is -3.31. The highest BCUT2D eigenvalue weighted by atomic mass is 32.2. The summed E-state index contributed by atoms with van der Waals surface area (Å²) in [5.41, 5.74) is 0.608. The van der Waals surface area contributed by atoms with Crippen molar-refractivity contribution in [3.8, 4) is 17.4 Å². The Labute approximate surface area is 182 Å². The lowest BCUT2D eigenvalue weighted by atomic mass is 10.3. The summed E-state index contributed by atoms with van der Waals surface area (Å²) in [6, 6.07) is 16.8. The van der Waals surface area contributed by atoms with Crippen molar-refractivity contribution in [1.82, 2.24) is 9.97 Å². The lowest BCUT2D eigenvalue weighted by molar-refractivity contribution is -0.118. The monoisotopic (exact) mass is 455 g/mol. The molecule has 2 aromatic carbocycles. The quantitative estimate of drug-likeness (QED) is 0.450. The van der Waals surface area contributed by atoms with Gasteiger partial charge < -0.3 is 9.47 Å². The number of carbonyl (C=O) groups excluding carboxylic acids is 1. The van der Waals surface area contributed by atoms with Gasteiger partial charge in [-0.3, -0.25) is 10.1 Å². The van der Waals surface area contributed by atoms with Crippen molar-refractivity contribution in [2.45, 2.75) is 4.90 Å². The van der Waals surface area contributed by atoms with Crippen LogP contribution >= 0.6 is 11.3 Å². The first-order valence-electron chi connectivity index (χ1n) is 9.09. The molecule has 158 valence electrons. The molecule has 0 aliphatic rings. The summed E-state index contributed by atoms with van der Waals surface area (Å²) < 4.78 is 35.1. The highest BCUT2D eigenvalue weighted by Crippen LogP contribution is 2.28. The number of carbonyl (C=O) groups is 1. The third kappa shape index (κ3) is 5.36. The molecule has 0 aliphatic carbocycles. The van der Waals surface area contributed by atoms with E-state index in [1.54, 1.807) is 54.7 Å². The van der Waals surface area contributed by atoms with Crippen molar-refractivity contribution in [3.63, 3.8) is 0 Å². The van der Waals surface area contributed by atoms with Crippen molar-refractivity contribution in [2.24, 2.45) is 0 Å². The van der Waals surface area contributed by atoms with Crippen molar-refractivity contribution in [2.75, 3.05) is 18.2 Å². The van der Waals surface area contributed by atoms with E-state index in [0.29, 0.717) is 32.7 Å². The molecule has 4 aromatic rings. The molecule has 8 nitrogen and oxygen atoms in total. The van der Waals surface area contributed by atoms with Crippen LogP contribution in [-0.2, 0) is 14.6 Å². The van der Waals surface area contributed by atoms with Crippen LogP contribution in [0.25, 0.3) is 10.2 Å². The molecule has 0 atom stereocenters. The zero-order valence-electron chi connectivity index (χ0n) is 16.3. The van der Waals surface area contributed by atoms with Gasteiger partial charge in [-0.25, -0.2) is 18.4 Å². The fourth-order valence-corrected chi connectivity index (χ4v) is 4.27. The Kier molecular flexibility index (Phi) is 5.83. The molecular weight excluding hydrogens is 438 g/mol. The normalized spacial score (nSPS) is 11.3. The van der Waals surface area contributed by atoms with Crippen LogP contribution < -0.4 is 14.8 Å². The Morgan fingerprint density at radius 3 is 2.55 bits per heavy atom. The van der Waals surface area contributed by atoms with Crippen LogP contribution in [0.3, 0.4) is 0 Å². The van der Waals surface area contributed by atoms with Crippen molar-refractivity contribution < 1.29 is 22.7 Å². The zero-order valence-corrected chi connectivity index (χ0v) is 17.9. The molecule has 10 heteroatoms. The van der Waals surface area contributed by atoms with E-state index in [2.05, 4.69) is 15.3 Å². The van der Waals surface area contributed by atoms with Gasteiger partial charge in [0.1, 0.15) is 11.5 Å². The van der Waals surface area contributed by atoms with Crippen molar-refractivity contribution in [3.05, 3.63) is 66.9 Å². The molecule has 0 spiro atoms. The maximum atomic E-state index is 12.2. The molecule has 0 radical (unpaired) electrons. The number of aromatic nitrogens is 2. The first-order valence-corrected chi connectivity index (χ1v) is 11.8. The Hall–Kier alpha value is -3.50. The zero-order chi connectivity index (χ0) is 21.8. The molecule has 0 saturated carbocycles. The van der Waals surface area contributed by atoms with Gasteiger partial charge >= 0.3 is 0 Å². The number of anilines is 1. The molecule has 2 heterocycles. The highest BCUT2D eigenvalue weighted by molar-refractivity contribution is 7.90. The molecule has 1 amide bonds. The number of ether oxygens (including phenoxy) is 2. The van der Waals surface area contributed by atoms with Crippen LogP contribution in [-0.4, -0.2) is 37.2 Å². The van der Waals surface area contributed by atoms with E-state index in [1.165, 1.54) is 17.4 Å². The van der Waals surface area contributed by atoms with Crippen LogP contribution in [0.15, 0.2) is 71.8 Å². The summed E-state index contributed by atoms with van der Waals surface area (Å²) >= 11 is 1.19. The van der Waals surface area contributed by atoms with E-state index in [4.69, 9.17) is 9.47 Å². The fraction of sp³-hybridized carbons (Fsp3) is 0.0952. The minimum atomic E-state index is -3.31. The number of hydrogen-bond acceptors (Lipinski definition) is 8. The predicted molar refractivity (Wildman–Crippen MR) is 118 cm³/mol. The Bertz CT molecular complexity index is 1320. The third-order valence-electron chi connectivity index (χ3n) is 4.09. The number of hydrogen-bond donors (Lipinski definition) is 1. The smallest absolute Gasteiger partial charge is 0.264 e. The summed E-state index contributed by atoms with van der Waals surface area (Å²) in [5.74, 6) is 1.20. The second kappa shape index (κ2) is 8.70. The lowest BCUT2D eigenvalue weighted by Crippen LogP contribution is -2.19. The van der Waals surface area contributed by atoms with Crippen LogP contribution in [0.4, 0.5) is 5.13 Å². The molecule has 0 aliphatic heterocycles. The van der Waals surface area contributed by atoms with Crippen molar-refractivity contribution >= 4 is 42.4 Å². The van der Waals surface area contributed by atoms with Crippen LogP contribution in [0.1, 0.15) is 0 Å². The molecular formula is C21H17N3O5S2. The van der Waals surface area contributed by atoms with Crippen molar-refractivity contribution in [1.29, 1.82) is 0 Å². The van der Waals surface area contributed by atoms with E-state index in [9.17, 15) is 13.2 Å².